The first-order chi connectivity index (χ1) is 10.9. The van der Waals surface area contributed by atoms with E-state index in [4.69, 9.17) is 4.74 Å². The second kappa shape index (κ2) is 5.95. The molecular formula is C17H22N4O2. The van der Waals surface area contributed by atoms with E-state index >= 15 is 0 Å². The first-order valence-electron chi connectivity index (χ1n) is 7.78. The zero-order valence-corrected chi connectivity index (χ0v) is 13.7. The zero-order valence-electron chi connectivity index (χ0n) is 13.7. The molecule has 0 saturated heterocycles. The number of benzene rings is 1. The topological polar surface area (TPSA) is 70.2 Å². The van der Waals surface area contributed by atoms with Gasteiger partial charge in [-0.05, 0) is 51.0 Å². The van der Waals surface area contributed by atoms with Crippen LogP contribution in [0.1, 0.15) is 32.2 Å². The Morgan fingerprint density at radius 1 is 1.43 bits per heavy atom. The molecule has 0 fully saturated rings. The third-order valence-corrected chi connectivity index (χ3v) is 3.60. The molecule has 2 aromatic rings. The van der Waals surface area contributed by atoms with Crippen molar-refractivity contribution in [2.24, 2.45) is 0 Å². The molecule has 1 aliphatic rings. The smallest absolute Gasteiger partial charge is 0.414 e. The lowest BCUT2D eigenvalue weighted by Gasteiger charge is -2.24. The predicted octanol–water partition coefficient (Wildman–Crippen LogP) is 3.32. The van der Waals surface area contributed by atoms with Crippen LogP contribution in [0.3, 0.4) is 0 Å². The molecule has 0 aliphatic carbocycles. The maximum atomic E-state index is 12.3. The number of hydrogen-bond donors (Lipinski definition) is 2. The number of anilines is 2. The van der Waals surface area contributed by atoms with E-state index in [1.165, 1.54) is 0 Å². The Bertz CT molecular complexity index is 689. The number of carbonyl (C=O) groups is 1. The number of hydrogen-bond acceptors (Lipinski definition) is 4. The van der Waals surface area contributed by atoms with Gasteiger partial charge in [-0.1, -0.05) is 0 Å². The van der Waals surface area contributed by atoms with Gasteiger partial charge in [-0.25, -0.2) is 9.78 Å². The van der Waals surface area contributed by atoms with Gasteiger partial charge in [0.2, 0.25) is 0 Å². The third-order valence-electron chi connectivity index (χ3n) is 3.60. The van der Waals surface area contributed by atoms with Gasteiger partial charge in [-0.15, -0.1) is 0 Å². The molecule has 2 heterocycles. The summed E-state index contributed by atoms with van der Waals surface area (Å²) in [6, 6.07) is 6.03. The molecule has 0 radical (unpaired) electrons. The number of aromatic nitrogens is 2. The van der Waals surface area contributed by atoms with Crippen LogP contribution in [-0.2, 0) is 17.7 Å². The van der Waals surface area contributed by atoms with Gasteiger partial charge in [0.1, 0.15) is 11.4 Å². The van der Waals surface area contributed by atoms with E-state index in [1.54, 1.807) is 17.3 Å². The molecule has 1 aliphatic heterocycles. The fourth-order valence-corrected chi connectivity index (χ4v) is 2.60. The van der Waals surface area contributed by atoms with Crippen molar-refractivity contribution in [1.82, 2.24) is 9.97 Å². The van der Waals surface area contributed by atoms with Crippen molar-refractivity contribution >= 4 is 17.5 Å². The first-order valence-corrected chi connectivity index (χ1v) is 7.78. The number of nitrogens with one attached hydrogen (secondary N) is 2. The maximum Gasteiger partial charge on any atom is 0.414 e. The van der Waals surface area contributed by atoms with Gasteiger partial charge in [-0.2, -0.15) is 0 Å². The summed E-state index contributed by atoms with van der Waals surface area (Å²) in [5.74, 6) is 0.890. The van der Waals surface area contributed by atoms with Crippen molar-refractivity contribution in [3.05, 3.63) is 42.0 Å². The molecule has 1 amide bonds. The highest BCUT2D eigenvalue weighted by molar-refractivity contribution is 5.91. The fraction of sp³-hybridized carbons (Fsp3) is 0.412. The number of amides is 1. The highest BCUT2D eigenvalue weighted by Gasteiger charge is 2.28. The van der Waals surface area contributed by atoms with Gasteiger partial charge < -0.3 is 15.0 Å². The van der Waals surface area contributed by atoms with Crippen LogP contribution in [0, 0.1) is 0 Å². The molecule has 0 unspecified atom stereocenters. The lowest BCUT2D eigenvalue weighted by atomic mass is 10.1. The second-order valence-electron chi connectivity index (χ2n) is 6.61. The van der Waals surface area contributed by atoms with Gasteiger partial charge in [0.25, 0.3) is 0 Å². The lowest BCUT2D eigenvalue weighted by molar-refractivity contribution is 0.0584. The highest BCUT2D eigenvalue weighted by atomic mass is 16.6. The third kappa shape index (κ3) is 3.64. The molecule has 0 bridgehead atoms. The number of ether oxygens (including phenoxy) is 1. The molecule has 122 valence electrons. The Morgan fingerprint density at radius 2 is 2.26 bits per heavy atom. The second-order valence-corrected chi connectivity index (χ2v) is 6.61. The Labute approximate surface area is 135 Å². The van der Waals surface area contributed by atoms with Crippen LogP contribution in [0.4, 0.5) is 16.2 Å². The van der Waals surface area contributed by atoms with E-state index < -0.39 is 5.60 Å². The quantitative estimate of drug-likeness (QED) is 0.912. The molecule has 2 N–H and O–H groups in total. The van der Waals surface area contributed by atoms with Gasteiger partial charge in [0.15, 0.2) is 0 Å². The molecule has 0 atom stereocenters. The van der Waals surface area contributed by atoms with Crippen molar-refractivity contribution in [2.45, 2.75) is 39.3 Å². The highest BCUT2D eigenvalue weighted by Crippen LogP contribution is 2.31. The monoisotopic (exact) mass is 314 g/mol. The first kappa shape index (κ1) is 15.4. The molecule has 6 heteroatoms. The summed E-state index contributed by atoms with van der Waals surface area (Å²) >= 11 is 0. The SMILES string of the molecule is CC(C)(C)OC(=O)N1CCc2cc(NCc3ncc[nH]3)ccc21. The van der Waals surface area contributed by atoms with Gasteiger partial charge in [0.05, 0.1) is 12.2 Å². The van der Waals surface area contributed by atoms with E-state index in [1.807, 2.05) is 32.9 Å². The van der Waals surface area contributed by atoms with Crippen LogP contribution in [0.15, 0.2) is 30.6 Å². The number of imidazole rings is 1. The number of H-pyrrole nitrogens is 1. The van der Waals surface area contributed by atoms with Crippen LogP contribution in [0.5, 0.6) is 0 Å². The summed E-state index contributed by atoms with van der Waals surface area (Å²) in [5.41, 5.74) is 2.62. The average Bonchev–Trinajstić information content (AvgIpc) is 3.12. The van der Waals surface area contributed by atoms with E-state index in [0.717, 1.165) is 29.2 Å². The van der Waals surface area contributed by atoms with E-state index in [-0.39, 0.29) is 6.09 Å². The molecule has 0 saturated carbocycles. The predicted molar refractivity (Wildman–Crippen MR) is 89.6 cm³/mol. The maximum absolute atomic E-state index is 12.3. The van der Waals surface area contributed by atoms with E-state index in [2.05, 4.69) is 21.4 Å². The minimum absolute atomic E-state index is 0.285. The lowest BCUT2D eigenvalue weighted by Crippen LogP contribution is -2.35. The Balaban J connectivity index is 1.68. The number of fused-ring (bicyclic) bond motifs is 1. The van der Waals surface area contributed by atoms with Gasteiger partial charge >= 0.3 is 6.09 Å². The van der Waals surface area contributed by atoms with Crippen LogP contribution < -0.4 is 10.2 Å². The van der Waals surface area contributed by atoms with E-state index in [9.17, 15) is 4.79 Å². The zero-order chi connectivity index (χ0) is 16.4. The summed E-state index contributed by atoms with van der Waals surface area (Å²) in [6.07, 6.45) is 4.09. The molecule has 6 nitrogen and oxygen atoms in total. The number of aromatic amines is 1. The molecule has 3 rings (SSSR count). The number of carbonyl (C=O) groups excluding carboxylic acids is 1. The van der Waals surface area contributed by atoms with Gasteiger partial charge in [-0.3, -0.25) is 4.90 Å². The molecular weight excluding hydrogens is 292 g/mol. The van der Waals surface area contributed by atoms with E-state index in [0.29, 0.717) is 13.1 Å². The summed E-state index contributed by atoms with van der Waals surface area (Å²) in [6.45, 7) is 6.93. The number of rotatable bonds is 3. The van der Waals surface area contributed by atoms with Crippen LogP contribution >= 0.6 is 0 Å². The average molecular weight is 314 g/mol. The molecule has 1 aromatic carbocycles. The Hall–Kier alpha value is -2.50. The molecule has 1 aromatic heterocycles. The summed E-state index contributed by atoms with van der Waals surface area (Å²) in [4.78, 5) is 21.2. The largest absolute Gasteiger partial charge is 0.443 e. The molecule has 0 spiro atoms. The van der Waals surface area contributed by atoms with Crippen molar-refractivity contribution in [3.8, 4) is 0 Å². The minimum atomic E-state index is -0.482. The van der Waals surface area contributed by atoms with Crippen LogP contribution in [-0.4, -0.2) is 28.2 Å². The molecule has 23 heavy (non-hydrogen) atoms. The van der Waals surface area contributed by atoms with Crippen LogP contribution in [0.2, 0.25) is 0 Å². The number of nitrogens with zero attached hydrogens (tertiary/aromatic N) is 2. The van der Waals surface area contributed by atoms with Crippen molar-refractivity contribution < 1.29 is 9.53 Å². The van der Waals surface area contributed by atoms with Gasteiger partial charge in [0, 0.05) is 24.6 Å². The summed E-state index contributed by atoms with van der Waals surface area (Å²) in [5, 5.41) is 3.33. The summed E-state index contributed by atoms with van der Waals surface area (Å²) < 4.78 is 5.46. The van der Waals surface area contributed by atoms with Crippen molar-refractivity contribution in [1.29, 1.82) is 0 Å². The van der Waals surface area contributed by atoms with Crippen molar-refractivity contribution in [2.75, 3.05) is 16.8 Å². The van der Waals surface area contributed by atoms with Crippen LogP contribution in [0.25, 0.3) is 0 Å². The van der Waals surface area contributed by atoms with Crippen molar-refractivity contribution in [3.63, 3.8) is 0 Å². The normalized spacial score (nSPS) is 13.8. The Morgan fingerprint density at radius 3 is 2.96 bits per heavy atom. The minimum Gasteiger partial charge on any atom is -0.443 e. The Kier molecular flexibility index (Phi) is 3.98. The standard InChI is InChI=1S/C17H22N4O2/c1-17(2,3)23-16(22)21-9-6-12-10-13(4-5-14(12)21)20-11-15-18-7-8-19-15/h4-5,7-8,10,20H,6,9,11H2,1-3H3,(H,18,19). The fourth-order valence-electron chi connectivity index (χ4n) is 2.60. The summed E-state index contributed by atoms with van der Waals surface area (Å²) in [7, 11) is 0.